The minimum absolute atomic E-state index is 0.0120. The average molecular weight is 312 g/mol. The van der Waals surface area contributed by atoms with Gasteiger partial charge in [0, 0.05) is 11.6 Å². The number of aryl methyl sites for hydroxylation is 1. The molecular weight excluding hydrogens is 296 g/mol. The van der Waals surface area contributed by atoms with E-state index in [0.29, 0.717) is 28.4 Å². The molecular formula is C18H16O5. The lowest BCUT2D eigenvalue weighted by molar-refractivity contribution is -0.118. The van der Waals surface area contributed by atoms with Gasteiger partial charge in [0.05, 0.1) is 5.56 Å². The van der Waals surface area contributed by atoms with Gasteiger partial charge in [-0.1, -0.05) is 0 Å². The number of carbonyl (C=O) groups is 2. The van der Waals surface area contributed by atoms with E-state index in [4.69, 9.17) is 13.9 Å². The van der Waals surface area contributed by atoms with E-state index in [1.165, 1.54) is 6.92 Å². The van der Waals surface area contributed by atoms with Crippen molar-refractivity contribution in [1.29, 1.82) is 0 Å². The Morgan fingerprint density at radius 3 is 2.65 bits per heavy atom. The molecule has 0 N–H and O–H groups in total. The molecule has 1 aliphatic heterocycles. The van der Waals surface area contributed by atoms with Gasteiger partial charge < -0.3 is 13.9 Å². The van der Waals surface area contributed by atoms with Crippen LogP contribution in [0.4, 0.5) is 0 Å². The number of rotatable bonds is 4. The van der Waals surface area contributed by atoms with Crippen LogP contribution in [0.3, 0.4) is 0 Å². The Hall–Kier alpha value is -2.82. The fourth-order valence-electron chi connectivity index (χ4n) is 2.36. The predicted molar refractivity (Wildman–Crippen MR) is 83.7 cm³/mol. The third kappa shape index (κ3) is 2.90. The molecule has 0 bridgehead atoms. The minimum atomic E-state index is -0.199. The predicted octanol–water partition coefficient (Wildman–Crippen LogP) is 3.48. The van der Waals surface area contributed by atoms with Gasteiger partial charge in [-0.05, 0) is 45.0 Å². The van der Waals surface area contributed by atoms with Gasteiger partial charge in [0.2, 0.25) is 5.78 Å². The zero-order valence-electron chi connectivity index (χ0n) is 13.1. The first-order valence-corrected chi connectivity index (χ1v) is 7.22. The molecule has 0 saturated heterocycles. The Kier molecular flexibility index (Phi) is 3.78. The van der Waals surface area contributed by atoms with Crippen molar-refractivity contribution in [3.05, 3.63) is 52.7 Å². The summed E-state index contributed by atoms with van der Waals surface area (Å²) in [7, 11) is 0. The summed E-state index contributed by atoms with van der Waals surface area (Å²) in [5.74, 6) is 2.25. The van der Waals surface area contributed by atoms with Crippen LogP contribution in [0.1, 0.15) is 34.4 Å². The molecule has 0 aliphatic carbocycles. The van der Waals surface area contributed by atoms with Crippen molar-refractivity contribution in [3.63, 3.8) is 0 Å². The van der Waals surface area contributed by atoms with E-state index >= 15 is 0 Å². The fourth-order valence-corrected chi connectivity index (χ4v) is 2.36. The molecule has 23 heavy (non-hydrogen) atoms. The van der Waals surface area contributed by atoms with E-state index in [1.807, 2.05) is 13.0 Å². The number of benzene rings is 1. The molecule has 0 atom stereocenters. The van der Waals surface area contributed by atoms with Crippen LogP contribution in [0.5, 0.6) is 11.5 Å². The molecule has 5 heteroatoms. The summed E-state index contributed by atoms with van der Waals surface area (Å²) in [5, 5.41) is 0. The molecule has 0 radical (unpaired) electrons. The highest BCUT2D eigenvalue weighted by molar-refractivity contribution is 6.14. The summed E-state index contributed by atoms with van der Waals surface area (Å²) in [4.78, 5) is 23.4. The number of furan rings is 1. The Morgan fingerprint density at radius 1 is 1.22 bits per heavy atom. The van der Waals surface area contributed by atoms with Crippen molar-refractivity contribution in [3.8, 4) is 11.5 Å². The molecule has 1 aromatic heterocycles. The standard InChI is InChI=1S/C18H16O5/c1-10(19)9-21-15-7-6-14-17(20)16(23-18(14)12(15)3)8-13-5-4-11(2)22-13/h4-8H,9H2,1-3H3/b16-8-. The van der Waals surface area contributed by atoms with Gasteiger partial charge in [-0.25, -0.2) is 0 Å². The van der Waals surface area contributed by atoms with Gasteiger partial charge in [-0.3, -0.25) is 9.59 Å². The number of allylic oxidation sites excluding steroid dienone is 1. The van der Waals surface area contributed by atoms with E-state index in [2.05, 4.69) is 0 Å². The van der Waals surface area contributed by atoms with Crippen LogP contribution in [-0.4, -0.2) is 18.2 Å². The maximum Gasteiger partial charge on any atom is 0.232 e. The normalized spacial score (nSPS) is 14.7. The van der Waals surface area contributed by atoms with Crippen molar-refractivity contribution in [2.75, 3.05) is 6.61 Å². The zero-order chi connectivity index (χ0) is 16.6. The molecule has 5 nitrogen and oxygen atoms in total. The maximum absolute atomic E-state index is 12.4. The molecule has 0 amide bonds. The lowest BCUT2D eigenvalue weighted by Crippen LogP contribution is -2.07. The number of ether oxygens (including phenoxy) is 2. The summed E-state index contributed by atoms with van der Waals surface area (Å²) < 4.78 is 16.6. The van der Waals surface area contributed by atoms with E-state index in [9.17, 15) is 9.59 Å². The van der Waals surface area contributed by atoms with Crippen LogP contribution >= 0.6 is 0 Å². The second kappa shape index (κ2) is 5.76. The largest absolute Gasteiger partial charge is 0.485 e. The van der Waals surface area contributed by atoms with E-state index in [1.54, 1.807) is 31.2 Å². The van der Waals surface area contributed by atoms with Crippen LogP contribution in [-0.2, 0) is 4.79 Å². The Bertz CT molecular complexity index is 826. The Labute approximate surface area is 133 Å². The summed E-state index contributed by atoms with van der Waals surface area (Å²) in [6.45, 7) is 5.06. The monoisotopic (exact) mass is 312 g/mol. The van der Waals surface area contributed by atoms with Crippen molar-refractivity contribution < 1.29 is 23.5 Å². The van der Waals surface area contributed by atoms with E-state index < -0.39 is 0 Å². The Balaban J connectivity index is 1.91. The third-order valence-electron chi connectivity index (χ3n) is 3.50. The molecule has 0 fully saturated rings. The van der Waals surface area contributed by atoms with Gasteiger partial charge in [0.1, 0.15) is 29.6 Å². The second-order valence-corrected chi connectivity index (χ2v) is 5.44. The molecule has 2 aromatic rings. The highest BCUT2D eigenvalue weighted by atomic mass is 16.5. The summed E-state index contributed by atoms with van der Waals surface area (Å²) in [6.07, 6.45) is 1.57. The Morgan fingerprint density at radius 2 is 2.00 bits per heavy atom. The first kappa shape index (κ1) is 15.1. The van der Waals surface area contributed by atoms with Crippen LogP contribution in [0, 0.1) is 13.8 Å². The molecule has 1 aromatic carbocycles. The second-order valence-electron chi connectivity index (χ2n) is 5.44. The van der Waals surface area contributed by atoms with Gasteiger partial charge in [0.15, 0.2) is 11.5 Å². The smallest absolute Gasteiger partial charge is 0.232 e. The number of hydrogen-bond donors (Lipinski definition) is 0. The minimum Gasteiger partial charge on any atom is -0.485 e. The van der Waals surface area contributed by atoms with Gasteiger partial charge in [-0.15, -0.1) is 0 Å². The number of carbonyl (C=O) groups excluding carboxylic acids is 2. The van der Waals surface area contributed by atoms with Gasteiger partial charge >= 0.3 is 0 Å². The first-order chi connectivity index (χ1) is 11.0. The molecule has 0 spiro atoms. The van der Waals surface area contributed by atoms with E-state index in [0.717, 1.165) is 5.76 Å². The quantitative estimate of drug-likeness (QED) is 0.809. The fraction of sp³-hybridized carbons (Fsp3) is 0.222. The van der Waals surface area contributed by atoms with Crippen molar-refractivity contribution in [1.82, 2.24) is 0 Å². The van der Waals surface area contributed by atoms with Crippen LogP contribution in [0.25, 0.3) is 6.08 Å². The summed E-state index contributed by atoms with van der Waals surface area (Å²) in [5.41, 5.74) is 1.17. The topological polar surface area (TPSA) is 65.7 Å². The molecule has 3 rings (SSSR count). The molecule has 118 valence electrons. The lowest BCUT2D eigenvalue weighted by Gasteiger charge is -2.10. The number of ketones is 2. The average Bonchev–Trinajstić information content (AvgIpc) is 3.04. The number of fused-ring (bicyclic) bond motifs is 1. The van der Waals surface area contributed by atoms with Gasteiger partial charge in [0.25, 0.3) is 0 Å². The molecule has 2 heterocycles. The highest BCUT2D eigenvalue weighted by Crippen LogP contribution is 2.39. The molecule has 0 unspecified atom stereocenters. The van der Waals surface area contributed by atoms with Gasteiger partial charge in [-0.2, -0.15) is 0 Å². The highest BCUT2D eigenvalue weighted by Gasteiger charge is 2.30. The zero-order valence-corrected chi connectivity index (χ0v) is 13.1. The van der Waals surface area contributed by atoms with E-state index in [-0.39, 0.29) is 23.9 Å². The SMILES string of the molecule is CC(=O)COc1ccc2c(c1C)O/C(=C\c1ccc(C)o1)C2=O. The summed E-state index contributed by atoms with van der Waals surface area (Å²) in [6, 6.07) is 6.92. The van der Waals surface area contributed by atoms with Crippen LogP contribution < -0.4 is 9.47 Å². The molecule has 1 aliphatic rings. The molecule has 0 saturated carbocycles. The first-order valence-electron chi connectivity index (χ1n) is 7.22. The van der Waals surface area contributed by atoms with Crippen molar-refractivity contribution >= 4 is 17.6 Å². The van der Waals surface area contributed by atoms with Crippen molar-refractivity contribution in [2.24, 2.45) is 0 Å². The number of Topliss-reactive ketones (excluding diaryl/α,β-unsaturated/α-hetero) is 2. The van der Waals surface area contributed by atoms with Crippen LogP contribution in [0.15, 0.2) is 34.4 Å². The van der Waals surface area contributed by atoms with Crippen LogP contribution in [0.2, 0.25) is 0 Å². The maximum atomic E-state index is 12.4. The van der Waals surface area contributed by atoms with Crippen molar-refractivity contribution in [2.45, 2.75) is 20.8 Å². The summed E-state index contributed by atoms with van der Waals surface area (Å²) >= 11 is 0. The third-order valence-corrected chi connectivity index (χ3v) is 3.50. The number of hydrogen-bond acceptors (Lipinski definition) is 5. The lowest BCUT2D eigenvalue weighted by atomic mass is 10.1.